The number of aromatic nitrogens is 2. The second-order valence-electron chi connectivity index (χ2n) is 4.79. The lowest BCUT2D eigenvalue weighted by atomic mass is 10.2. The highest BCUT2D eigenvalue weighted by molar-refractivity contribution is 5.90. The van der Waals surface area contributed by atoms with Crippen LogP contribution in [0.5, 0.6) is 0 Å². The molecule has 2 N–H and O–H groups in total. The van der Waals surface area contributed by atoms with E-state index < -0.39 is 5.97 Å². The second-order valence-corrected chi connectivity index (χ2v) is 4.79. The first-order chi connectivity index (χ1) is 10.1. The van der Waals surface area contributed by atoms with E-state index in [1.807, 2.05) is 31.3 Å². The Morgan fingerprint density at radius 2 is 2.05 bits per heavy atom. The molecule has 0 aliphatic heterocycles. The molecule has 0 aliphatic carbocycles. The van der Waals surface area contributed by atoms with Crippen molar-refractivity contribution < 1.29 is 9.53 Å². The quantitative estimate of drug-likeness (QED) is 0.591. The molecule has 106 valence electrons. The number of benzene rings is 2. The Labute approximate surface area is 121 Å². The number of hydrogen-bond donors (Lipinski definition) is 1. The molecule has 1 aromatic heterocycles. The number of nitrogen functional groups attached to an aromatic ring is 1. The summed E-state index contributed by atoms with van der Waals surface area (Å²) in [5.41, 5.74) is 8.38. The van der Waals surface area contributed by atoms with Crippen molar-refractivity contribution in [1.82, 2.24) is 9.78 Å². The normalized spacial score (nSPS) is 10.7. The minimum atomic E-state index is -0.406. The first-order valence-electron chi connectivity index (χ1n) is 6.58. The minimum Gasteiger partial charge on any atom is -0.455 e. The molecular weight excluding hydrogens is 266 g/mol. The van der Waals surface area contributed by atoms with E-state index in [0.29, 0.717) is 11.3 Å². The molecule has 0 atom stereocenters. The van der Waals surface area contributed by atoms with Crippen molar-refractivity contribution in [3.05, 3.63) is 59.8 Å². The van der Waals surface area contributed by atoms with Gasteiger partial charge in [0.1, 0.15) is 12.3 Å². The maximum atomic E-state index is 12.0. The molecule has 0 fully saturated rings. The summed E-state index contributed by atoms with van der Waals surface area (Å²) in [4.78, 5) is 12.0. The van der Waals surface area contributed by atoms with Crippen LogP contribution in [0.3, 0.4) is 0 Å². The van der Waals surface area contributed by atoms with Gasteiger partial charge in [0.2, 0.25) is 0 Å². The molecule has 3 rings (SSSR count). The average molecular weight is 281 g/mol. The van der Waals surface area contributed by atoms with Gasteiger partial charge >= 0.3 is 5.97 Å². The molecule has 0 spiro atoms. The zero-order valence-corrected chi connectivity index (χ0v) is 11.6. The summed E-state index contributed by atoms with van der Waals surface area (Å²) in [6.07, 6.45) is 0. The van der Waals surface area contributed by atoms with E-state index in [9.17, 15) is 4.79 Å². The number of nitrogens with two attached hydrogens (primary N) is 1. The monoisotopic (exact) mass is 281 g/mol. The van der Waals surface area contributed by atoms with E-state index in [-0.39, 0.29) is 6.61 Å². The highest BCUT2D eigenvalue weighted by atomic mass is 16.5. The number of rotatable bonds is 3. The van der Waals surface area contributed by atoms with Crippen LogP contribution in [0.2, 0.25) is 0 Å². The summed E-state index contributed by atoms with van der Waals surface area (Å²) < 4.78 is 7.10. The van der Waals surface area contributed by atoms with Gasteiger partial charge in [-0.25, -0.2) is 4.79 Å². The van der Waals surface area contributed by atoms with Crippen molar-refractivity contribution in [1.29, 1.82) is 0 Å². The third kappa shape index (κ3) is 2.58. The average Bonchev–Trinajstić information content (AvgIpc) is 2.82. The number of nitrogens with zero attached hydrogens (tertiary/aromatic N) is 2. The molecule has 21 heavy (non-hydrogen) atoms. The SMILES string of the molecule is Cn1nc(COC(=O)c2cccc(N)c2)c2ccccc21. The number of ether oxygens (including phenoxy) is 1. The van der Waals surface area contributed by atoms with Crippen molar-refractivity contribution in [3.8, 4) is 0 Å². The van der Waals surface area contributed by atoms with Crippen LogP contribution in [0.15, 0.2) is 48.5 Å². The molecule has 0 radical (unpaired) electrons. The zero-order chi connectivity index (χ0) is 14.8. The summed E-state index contributed by atoms with van der Waals surface area (Å²) in [5.74, 6) is -0.406. The van der Waals surface area contributed by atoms with Crippen LogP contribution in [-0.4, -0.2) is 15.7 Å². The van der Waals surface area contributed by atoms with Crippen molar-refractivity contribution in [2.75, 3.05) is 5.73 Å². The first kappa shape index (κ1) is 13.2. The van der Waals surface area contributed by atoms with Gasteiger partial charge in [0.15, 0.2) is 0 Å². The van der Waals surface area contributed by atoms with Crippen molar-refractivity contribution in [2.45, 2.75) is 6.61 Å². The Morgan fingerprint density at radius 3 is 2.86 bits per heavy atom. The van der Waals surface area contributed by atoms with Crippen molar-refractivity contribution in [2.24, 2.45) is 7.05 Å². The number of para-hydroxylation sites is 1. The topological polar surface area (TPSA) is 70.1 Å². The standard InChI is InChI=1S/C16H15N3O2/c1-19-15-8-3-2-7-13(15)14(18-19)10-21-16(20)11-5-4-6-12(17)9-11/h2-9H,10,17H2,1H3. The summed E-state index contributed by atoms with van der Waals surface area (Å²) >= 11 is 0. The van der Waals surface area contributed by atoms with Gasteiger partial charge in [-0.15, -0.1) is 0 Å². The van der Waals surface area contributed by atoms with Crippen LogP contribution in [0, 0.1) is 0 Å². The van der Waals surface area contributed by atoms with E-state index in [1.54, 1.807) is 28.9 Å². The van der Waals surface area contributed by atoms with Gasteiger partial charge in [0, 0.05) is 18.1 Å². The number of anilines is 1. The Balaban J connectivity index is 1.79. The maximum Gasteiger partial charge on any atom is 0.338 e. The smallest absolute Gasteiger partial charge is 0.338 e. The largest absolute Gasteiger partial charge is 0.455 e. The zero-order valence-electron chi connectivity index (χ0n) is 11.6. The third-order valence-electron chi connectivity index (χ3n) is 3.30. The van der Waals surface area contributed by atoms with E-state index in [4.69, 9.17) is 10.5 Å². The predicted octanol–water partition coefficient (Wildman–Crippen LogP) is 2.51. The third-order valence-corrected chi connectivity index (χ3v) is 3.30. The first-order valence-corrected chi connectivity index (χ1v) is 6.58. The van der Waals surface area contributed by atoms with E-state index in [1.165, 1.54) is 0 Å². The fraction of sp³-hybridized carbons (Fsp3) is 0.125. The lowest BCUT2D eigenvalue weighted by Gasteiger charge is -2.04. The molecular formula is C16H15N3O2. The molecule has 2 aromatic carbocycles. The molecule has 1 heterocycles. The Hall–Kier alpha value is -2.82. The number of esters is 1. The van der Waals surface area contributed by atoms with E-state index >= 15 is 0 Å². The molecule has 0 unspecified atom stereocenters. The fourth-order valence-corrected chi connectivity index (χ4v) is 2.28. The van der Waals surface area contributed by atoms with Gasteiger partial charge < -0.3 is 10.5 Å². The second kappa shape index (κ2) is 5.28. The molecule has 5 nitrogen and oxygen atoms in total. The molecule has 3 aromatic rings. The highest BCUT2D eigenvalue weighted by Gasteiger charge is 2.12. The van der Waals surface area contributed by atoms with Crippen LogP contribution in [0.4, 0.5) is 5.69 Å². The predicted molar refractivity (Wildman–Crippen MR) is 80.7 cm³/mol. The van der Waals surface area contributed by atoms with Crippen LogP contribution in [-0.2, 0) is 18.4 Å². The number of aryl methyl sites for hydroxylation is 1. The summed E-state index contributed by atoms with van der Waals surface area (Å²) in [7, 11) is 1.87. The van der Waals surface area contributed by atoms with Crippen LogP contribution in [0.25, 0.3) is 10.9 Å². The van der Waals surface area contributed by atoms with E-state index in [0.717, 1.165) is 16.6 Å². The van der Waals surface area contributed by atoms with Gasteiger partial charge in [0.05, 0.1) is 11.1 Å². The summed E-state index contributed by atoms with van der Waals surface area (Å²) in [6, 6.07) is 14.6. The number of carbonyl (C=O) groups is 1. The van der Waals surface area contributed by atoms with Crippen molar-refractivity contribution in [3.63, 3.8) is 0 Å². The van der Waals surface area contributed by atoms with Gasteiger partial charge in [-0.05, 0) is 24.3 Å². The van der Waals surface area contributed by atoms with Crippen LogP contribution >= 0.6 is 0 Å². The molecule has 5 heteroatoms. The molecule has 0 bridgehead atoms. The molecule has 0 amide bonds. The molecule has 0 saturated heterocycles. The number of hydrogen-bond acceptors (Lipinski definition) is 4. The van der Waals surface area contributed by atoms with Gasteiger partial charge in [-0.3, -0.25) is 4.68 Å². The van der Waals surface area contributed by atoms with Crippen LogP contribution < -0.4 is 5.73 Å². The fourth-order valence-electron chi connectivity index (χ4n) is 2.28. The Kier molecular flexibility index (Phi) is 3.31. The maximum absolute atomic E-state index is 12.0. The van der Waals surface area contributed by atoms with E-state index in [2.05, 4.69) is 5.10 Å². The van der Waals surface area contributed by atoms with Crippen LogP contribution in [0.1, 0.15) is 16.1 Å². The van der Waals surface area contributed by atoms with Gasteiger partial charge in [0.25, 0.3) is 0 Å². The number of carbonyl (C=O) groups excluding carboxylic acids is 1. The van der Waals surface area contributed by atoms with Crippen molar-refractivity contribution >= 4 is 22.6 Å². The lowest BCUT2D eigenvalue weighted by Crippen LogP contribution is -2.06. The summed E-state index contributed by atoms with van der Waals surface area (Å²) in [5, 5.41) is 5.37. The van der Waals surface area contributed by atoms with Gasteiger partial charge in [-0.2, -0.15) is 5.10 Å². The highest BCUT2D eigenvalue weighted by Crippen LogP contribution is 2.18. The molecule has 0 aliphatic rings. The minimum absolute atomic E-state index is 0.134. The van der Waals surface area contributed by atoms with Gasteiger partial charge in [-0.1, -0.05) is 24.3 Å². The molecule has 0 saturated carbocycles. The summed E-state index contributed by atoms with van der Waals surface area (Å²) in [6.45, 7) is 0.134. The number of fused-ring (bicyclic) bond motifs is 1. The lowest BCUT2D eigenvalue weighted by molar-refractivity contribution is 0.0469. The Morgan fingerprint density at radius 1 is 1.24 bits per heavy atom. The Bertz CT molecular complexity index is 808.